The predicted octanol–water partition coefficient (Wildman–Crippen LogP) is 0.369. The Balaban J connectivity index is 3.04. The molecule has 12 heteroatoms. The molecule has 0 aliphatic carbocycles. The fourth-order valence-electron chi connectivity index (χ4n) is 3.29. The van der Waals surface area contributed by atoms with Crippen molar-refractivity contribution in [1.82, 2.24) is 16.0 Å². The van der Waals surface area contributed by atoms with Crippen molar-refractivity contribution in [2.75, 3.05) is 12.0 Å². The van der Waals surface area contributed by atoms with Crippen molar-refractivity contribution >= 4 is 41.4 Å². The summed E-state index contributed by atoms with van der Waals surface area (Å²) in [4.78, 5) is 61.0. The van der Waals surface area contributed by atoms with Gasteiger partial charge in [0, 0.05) is 12.8 Å². The van der Waals surface area contributed by atoms with Gasteiger partial charge in [-0.3, -0.25) is 19.2 Å². The van der Waals surface area contributed by atoms with Crippen LogP contribution >= 0.6 is 11.8 Å². The number of nitrogens with one attached hydrogen (secondary N) is 3. The maximum absolute atomic E-state index is 13.1. The van der Waals surface area contributed by atoms with E-state index in [4.69, 9.17) is 10.8 Å². The van der Waals surface area contributed by atoms with Gasteiger partial charge in [0.05, 0.1) is 6.04 Å². The van der Waals surface area contributed by atoms with Gasteiger partial charge in [-0.25, -0.2) is 4.79 Å². The molecule has 36 heavy (non-hydrogen) atoms. The standard InChI is InChI=1S/C24H36N4O7S/c1-14(2)20(28-21(31)16(25)9-10-19(29)30)23(33)27-18(13-15-7-5-4-6-8-15)22(32)26-17(24(34)35)11-12-36-3/h4-8,14,16-18,20H,9-13,25H2,1-3H3,(H,26,32)(H,27,33)(H,28,31)(H,29,30)(H,34,35). The number of carbonyl (C=O) groups is 5. The van der Waals surface area contributed by atoms with E-state index in [0.29, 0.717) is 5.75 Å². The average Bonchev–Trinajstić information content (AvgIpc) is 2.82. The van der Waals surface area contributed by atoms with Gasteiger partial charge in [-0.2, -0.15) is 11.8 Å². The van der Waals surface area contributed by atoms with Crippen LogP contribution in [0.15, 0.2) is 30.3 Å². The molecule has 0 fully saturated rings. The maximum Gasteiger partial charge on any atom is 0.326 e. The molecule has 0 aliphatic heterocycles. The maximum atomic E-state index is 13.1. The number of benzene rings is 1. The number of amides is 3. The molecule has 4 unspecified atom stereocenters. The summed E-state index contributed by atoms with van der Waals surface area (Å²) in [5, 5.41) is 26.0. The fourth-order valence-corrected chi connectivity index (χ4v) is 3.76. The Bertz CT molecular complexity index is 898. The van der Waals surface area contributed by atoms with Crippen LogP contribution in [0.5, 0.6) is 0 Å². The van der Waals surface area contributed by atoms with Crippen LogP contribution in [0.1, 0.15) is 38.7 Å². The summed E-state index contributed by atoms with van der Waals surface area (Å²) in [5.74, 6) is -4.11. The molecule has 1 aromatic rings. The molecule has 0 aliphatic rings. The Hall–Kier alpha value is -3.12. The molecule has 0 saturated carbocycles. The number of rotatable bonds is 16. The lowest BCUT2D eigenvalue weighted by Gasteiger charge is -2.27. The molecule has 11 nitrogen and oxygen atoms in total. The number of carboxylic acids is 2. The molecule has 4 atom stereocenters. The summed E-state index contributed by atoms with van der Waals surface area (Å²) in [5.41, 5.74) is 6.51. The highest BCUT2D eigenvalue weighted by atomic mass is 32.2. The third kappa shape index (κ3) is 11.1. The summed E-state index contributed by atoms with van der Waals surface area (Å²) in [6.45, 7) is 3.39. The zero-order valence-corrected chi connectivity index (χ0v) is 21.5. The second-order valence-electron chi connectivity index (χ2n) is 8.70. The van der Waals surface area contributed by atoms with E-state index in [-0.39, 0.29) is 31.6 Å². The summed E-state index contributed by atoms with van der Waals surface area (Å²) >= 11 is 1.45. The van der Waals surface area contributed by atoms with Crippen molar-refractivity contribution in [3.05, 3.63) is 35.9 Å². The molecule has 0 bridgehead atoms. The minimum absolute atomic E-state index is 0.0980. The highest BCUT2D eigenvalue weighted by Gasteiger charge is 2.31. The van der Waals surface area contributed by atoms with E-state index < -0.39 is 53.8 Å². The number of hydrogen-bond acceptors (Lipinski definition) is 7. The molecule has 200 valence electrons. The van der Waals surface area contributed by atoms with Crippen molar-refractivity contribution in [3.8, 4) is 0 Å². The van der Waals surface area contributed by atoms with E-state index in [0.717, 1.165) is 5.56 Å². The Morgan fingerprint density at radius 2 is 1.50 bits per heavy atom. The molecule has 0 spiro atoms. The molecule has 1 aromatic carbocycles. The number of nitrogens with two attached hydrogens (primary N) is 1. The van der Waals surface area contributed by atoms with Crippen molar-refractivity contribution in [3.63, 3.8) is 0 Å². The SMILES string of the molecule is CSCCC(NC(=O)C(Cc1ccccc1)NC(=O)C(NC(=O)C(N)CCC(=O)O)C(C)C)C(=O)O. The smallest absolute Gasteiger partial charge is 0.326 e. The Morgan fingerprint density at radius 3 is 2.03 bits per heavy atom. The van der Waals surface area contributed by atoms with Gasteiger partial charge in [-0.05, 0) is 36.3 Å². The van der Waals surface area contributed by atoms with Gasteiger partial charge in [0.1, 0.15) is 18.1 Å². The first-order valence-electron chi connectivity index (χ1n) is 11.6. The van der Waals surface area contributed by atoms with E-state index >= 15 is 0 Å². The first kappa shape index (κ1) is 30.9. The molecule has 0 heterocycles. The van der Waals surface area contributed by atoms with Gasteiger partial charge >= 0.3 is 11.9 Å². The lowest BCUT2D eigenvalue weighted by molar-refractivity contribution is -0.142. The molecule has 1 rings (SSSR count). The second kappa shape index (κ2) is 15.8. The van der Waals surface area contributed by atoms with Gasteiger partial charge in [0.25, 0.3) is 0 Å². The second-order valence-corrected chi connectivity index (χ2v) is 9.69. The molecule has 0 saturated heterocycles. The van der Waals surface area contributed by atoms with Crippen molar-refractivity contribution < 1.29 is 34.2 Å². The number of thioether (sulfide) groups is 1. The van der Waals surface area contributed by atoms with Crippen LogP contribution in [0, 0.1) is 5.92 Å². The third-order valence-electron chi connectivity index (χ3n) is 5.39. The van der Waals surface area contributed by atoms with E-state index in [2.05, 4.69) is 16.0 Å². The van der Waals surface area contributed by atoms with Gasteiger partial charge < -0.3 is 31.9 Å². The van der Waals surface area contributed by atoms with Crippen LogP contribution in [0.3, 0.4) is 0 Å². The van der Waals surface area contributed by atoms with E-state index in [1.165, 1.54) is 11.8 Å². The Morgan fingerprint density at radius 1 is 0.889 bits per heavy atom. The molecule has 0 radical (unpaired) electrons. The van der Waals surface area contributed by atoms with Gasteiger partial charge in [-0.15, -0.1) is 0 Å². The first-order valence-corrected chi connectivity index (χ1v) is 13.0. The Labute approximate surface area is 215 Å². The summed E-state index contributed by atoms with van der Waals surface area (Å²) in [6, 6.07) is 4.52. The first-order chi connectivity index (χ1) is 17.0. The summed E-state index contributed by atoms with van der Waals surface area (Å²) in [7, 11) is 0. The zero-order valence-electron chi connectivity index (χ0n) is 20.7. The average molecular weight is 525 g/mol. The number of carboxylic acid groups (broad SMARTS) is 2. The monoisotopic (exact) mass is 524 g/mol. The van der Waals surface area contributed by atoms with E-state index in [9.17, 15) is 29.1 Å². The van der Waals surface area contributed by atoms with Gasteiger partial charge in [-0.1, -0.05) is 44.2 Å². The van der Waals surface area contributed by atoms with Crippen LogP contribution < -0.4 is 21.7 Å². The lowest BCUT2D eigenvalue weighted by Crippen LogP contribution is -2.59. The van der Waals surface area contributed by atoms with Crippen LogP contribution in [0.2, 0.25) is 0 Å². The summed E-state index contributed by atoms with van der Waals surface area (Å²) < 4.78 is 0. The van der Waals surface area contributed by atoms with Crippen LogP contribution in [0.25, 0.3) is 0 Å². The number of aliphatic carboxylic acids is 2. The molecule has 7 N–H and O–H groups in total. The highest BCUT2D eigenvalue weighted by molar-refractivity contribution is 7.98. The quantitative estimate of drug-likeness (QED) is 0.177. The number of carbonyl (C=O) groups excluding carboxylic acids is 3. The molecule has 0 aromatic heterocycles. The van der Waals surface area contributed by atoms with Crippen molar-refractivity contribution in [1.29, 1.82) is 0 Å². The number of hydrogen-bond donors (Lipinski definition) is 6. The van der Waals surface area contributed by atoms with Crippen LogP contribution in [-0.2, 0) is 30.4 Å². The largest absolute Gasteiger partial charge is 0.481 e. The van der Waals surface area contributed by atoms with Crippen molar-refractivity contribution in [2.45, 2.75) is 63.7 Å². The van der Waals surface area contributed by atoms with Gasteiger partial charge in [0.2, 0.25) is 17.7 Å². The van der Waals surface area contributed by atoms with Gasteiger partial charge in [0.15, 0.2) is 0 Å². The normalized spacial score (nSPS) is 14.2. The van der Waals surface area contributed by atoms with E-state index in [1.807, 2.05) is 6.26 Å². The van der Waals surface area contributed by atoms with E-state index in [1.54, 1.807) is 44.2 Å². The predicted molar refractivity (Wildman–Crippen MR) is 136 cm³/mol. The van der Waals surface area contributed by atoms with Crippen LogP contribution in [-0.4, -0.2) is 76.0 Å². The third-order valence-corrected chi connectivity index (χ3v) is 6.04. The minimum atomic E-state index is -1.18. The van der Waals surface area contributed by atoms with Crippen molar-refractivity contribution in [2.24, 2.45) is 11.7 Å². The molecule has 3 amide bonds. The topological polar surface area (TPSA) is 188 Å². The summed E-state index contributed by atoms with van der Waals surface area (Å²) in [6.07, 6.45) is 1.75. The minimum Gasteiger partial charge on any atom is -0.481 e. The Kier molecular flexibility index (Phi) is 13.6. The van der Waals surface area contributed by atoms with Crippen LogP contribution in [0.4, 0.5) is 0 Å². The highest BCUT2D eigenvalue weighted by Crippen LogP contribution is 2.09. The molecular weight excluding hydrogens is 488 g/mol. The molecular formula is C24H36N4O7S. The zero-order chi connectivity index (χ0) is 27.3. The fraction of sp³-hybridized carbons (Fsp3) is 0.542. The lowest BCUT2D eigenvalue weighted by atomic mass is 10.00.